The number of aromatic nitrogens is 2. The van der Waals surface area contributed by atoms with Crippen LogP contribution in [0.1, 0.15) is 16.2 Å². The van der Waals surface area contributed by atoms with Crippen LogP contribution in [0.5, 0.6) is 0 Å². The molecule has 1 N–H and O–H groups in total. The fourth-order valence-corrected chi connectivity index (χ4v) is 2.11. The van der Waals surface area contributed by atoms with Gasteiger partial charge in [-0.25, -0.2) is 13.8 Å². The van der Waals surface area contributed by atoms with E-state index in [1.807, 2.05) is 0 Å². The van der Waals surface area contributed by atoms with E-state index in [0.717, 1.165) is 11.9 Å². The van der Waals surface area contributed by atoms with Gasteiger partial charge in [-0.2, -0.15) is 0 Å². The van der Waals surface area contributed by atoms with Gasteiger partial charge in [-0.3, -0.25) is 0 Å². The van der Waals surface area contributed by atoms with E-state index in [-0.39, 0.29) is 4.83 Å². The Labute approximate surface area is 99.8 Å². The zero-order valence-electron chi connectivity index (χ0n) is 8.25. The first-order valence-electron chi connectivity index (χ1n) is 4.74. The summed E-state index contributed by atoms with van der Waals surface area (Å²) in [5, 5.41) is 0. The Morgan fingerprint density at radius 1 is 1.38 bits per heavy atom. The van der Waals surface area contributed by atoms with Gasteiger partial charge in [-0.05, 0) is 6.07 Å². The number of alkyl halides is 1. The van der Waals surface area contributed by atoms with Crippen LogP contribution < -0.4 is 0 Å². The lowest BCUT2D eigenvalue weighted by molar-refractivity contribution is 0.498. The fourth-order valence-electron chi connectivity index (χ4n) is 1.45. The van der Waals surface area contributed by atoms with E-state index >= 15 is 0 Å². The molecule has 0 spiro atoms. The number of nitrogens with zero attached hydrogens (tertiary/aromatic N) is 1. The van der Waals surface area contributed by atoms with E-state index in [4.69, 9.17) is 0 Å². The summed E-state index contributed by atoms with van der Waals surface area (Å²) in [6, 6.07) is 4.15. The van der Waals surface area contributed by atoms with Gasteiger partial charge in [0.25, 0.3) is 0 Å². The second kappa shape index (κ2) is 4.74. The van der Waals surface area contributed by atoms with Crippen molar-refractivity contribution in [2.75, 3.05) is 0 Å². The van der Waals surface area contributed by atoms with Crippen molar-refractivity contribution in [1.82, 2.24) is 9.97 Å². The highest BCUT2D eigenvalue weighted by atomic mass is 79.9. The summed E-state index contributed by atoms with van der Waals surface area (Å²) in [5.41, 5.74) is 0.302. The minimum Gasteiger partial charge on any atom is -0.349 e. The highest BCUT2D eigenvalue weighted by molar-refractivity contribution is 9.09. The second-order valence-electron chi connectivity index (χ2n) is 3.35. The number of aromatic amines is 1. The fraction of sp³-hybridized carbons (Fsp3) is 0.182. The molecule has 0 bridgehead atoms. The summed E-state index contributed by atoms with van der Waals surface area (Å²) in [6.07, 6.45) is 3.79. The van der Waals surface area contributed by atoms with Crippen LogP contribution in [-0.2, 0) is 6.42 Å². The van der Waals surface area contributed by atoms with Gasteiger partial charge in [0.2, 0.25) is 0 Å². The SMILES string of the molecule is Fc1cccc(C(Br)Cc2ncc[nH]2)c1F. The van der Waals surface area contributed by atoms with Crippen LogP contribution in [0.4, 0.5) is 8.78 Å². The van der Waals surface area contributed by atoms with E-state index < -0.39 is 11.6 Å². The monoisotopic (exact) mass is 286 g/mol. The molecule has 1 atom stereocenters. The normalized spacial score (nSPS) is 12.7. The number of halogens is 3. The summed E-state index contributed by atoms with van der Waals surface area (Å²) < 4.78 is 26.4. The lowest BCUT2D eigenvalue weighted by Crippen LogP contribution is -2.01. The van der Waals surface area contributed by atoms with Crippen molar-refractivity contribution in [3.05, 3.63) is 53.6 Å². The molecule has 1 heterocycles. The van der Waals surface area contributed by atoms with Crippen molar-refractivity contribution in [3.8, 4) is 0 Å². The van der Waals surface area contributed by atoms with Crippen molar-refractivity contribution in [2.24, 2.45) is 0 Å². The summed E-state index contributed by atoms with van der Waals surface area (Å²) in [7, 11) is 0. The molecular weight excluding hydrogens is 278 g/mol. The van der Waals surface area contributed by atoms with Crippen LogP contribution in [0.3, 0.4) is 0 Å². The van der Waals surface area contributed by atoms with Gasteiger partial charge < -0.3 is 4.98 Å². The Bertz CT molecular complexity index is 471. The van der Waals surface area contributed by atoms with Gasteiger partial charge in [0, 0.05) is 29.2 Å². The van der Waals surface area contributed by atoms with Crippen molar-refractivity contribution >= 4 is 15.9 Å². The van der Waals surface area contributed by atoms with E-state index in [9.17, 15) is 8.78 Å². The quantitative estimate of drug-likeness (QED) is 0.861. The van der Waals surface area contributed by atoms with Crippen LogP contribution in [0, 0.1) is 11.6 Å². The van der Waals surface area contributed by atoms with E-state index in [1.165, 1.54) is 6.07 Å². The van der Waals surface area contributed by atoms with Crippen LogP contribution in [0.2, 0.25) is 0 Å². The van der Waals surface area contributed by atoms with E-state index in [0.29, 0.717) is 12.0 Å². The van der Waals surface area contributed by atoms with Gasteiger partial charge in [0.15, 0.2) is 11.6 Å². The van der Waals surface area contributed by atoms with Crippen molar-refractivity contribution < 1.29 is 8.78 Å². The number of hydrogen-bond donors (Lipinski definition) is 1. The molecule has 0 saturated heterocycles. The van der Waals surface area contributed by atoms with Crippen LogP contribution in [-0.4, -0.2) is 9.97 Å². The first-order valence-corrected chi connectivity index (χ1v) is 5.66. The molecule has 0 fully saturated rings. The zero-order chi connectivity index (χ0) is 11.5. The minimum atomic E-state index is -0.832. The molecular formula is C11H9BrF2N2. The highest BCUT2D eigenvalue weighted by Gasteiger charge is 2.16. The van der Waals surface area contributed by atoms with Gasteiger partial charge in [0.1, 0.15) is 5.82 Å². The molecule has 1 unspecified atom stereocenters. The Morgan fingerprint density at radius 3 is 2.88 bits per heavy atom. The Balaban J connectivity index is 2.21. The largest absolute Gasteiger partial charge is 0.349 e. The second-order valence-corrected chi connectivity index (χ2v) is 4.46. The summed E-state index contributed by atoms with van der Waals surface area (Å²) in [6.45, 7) is 0. The number of imidazole rings is 1. The Morgan fingerprint density at radius 2 is 2.19 bits per heavy atom. The average molecular weight is 287 g/mol. The minimum absolute atomic E-state index is 0.297. The topological polar surface area (TPSA) is 28.7 Å². The number of H-pyrrole nitrogens is 1. The van der Waals surface area contributed by atoms with Crippen molar-refractivity contribution in [2.45, 2.75) is 11.2 Å². The summed E-state index contributed by atoms with van der Waals surface area (Å²) in [4.78, 5) is 6.65. The number of hydrogen-bond acceptors (Lipinski definition) is 1. The molecule has 5 heteroatoms. The highest BCUT2D eigenvalue weighted by Crippen LogP contribution is 2.28. The molecule has 0 aliphatic rings. The Hall–Kier alpha value is -1.23. The van der Waals surface area contributed by atoms with Crippen molar-refractivity contribution in [3.63, 3.8) is 0 Å². The molecule has 0 aliphatic carbocycles. The predicted molar refractivity (Wildman–Crippen MR) is 60.3 cm³/mol. The maximum Gasteiger partial charge on any atom is 0.163 e. The lowest BCUT2D eigenvalue weighted by atomic mass is 10.1. The first kappa shape index (κ1) is 11.3. The van der Waals surface area contributed by atoms with Gasteiger partial charge in [-0.15, -0.1) is 0 Å². The maximum atomic E-state index is 13.4. The average Bonchev–Trinajstić information content (AvgIpc) is 2.74. The predicted octanol–water partition coefficient (Wildman–Crippen LogP) is 3.37. The molecule has 0 saturated carbocycles. The summed E-state index contributed by atoms with van der Waals surface area (Å²) in [5.74, 6) is -0.914. The first-order chi connectivity index (χ1) is 7.68. The van der Waals surface area contributed by atoms with Gasteiger partial charge in [0.05, 0.1) is 0 Å². The molecule has 16 heavy (non-hydrogen) atoms. The van der Waals surface area contributed by atoms with Crippen LogP contribution in [0.15, 0.2) is 30.6 Å². The third kappa shape index (κ3) is 2.29. The van der Waals surface area contributed by atoms with Gasteiger partial charge in [-0.1, -0.05) is 28.1 Å². The molecule has 1 aromatic heterocycles. The molecule has 2 rings (SSSR count). The molecule has 0 aliphatic heterocycles. The molecule has 2 nitrogen and oxygen atoms in total. The van der Waals surface area contributed by atoms with E-state index in [2.05, 4.69) is 25.9 Å². The maximum absolute atomic E-state index is 13.4. The van der Waals surface area contributed by atoms with Crippen LogP contribution in [0.25, 0.3) is 0 Å². The number of nitrogens with one attached hydrogen (secondary N) is 1. The third-order valence-electron chi connectivity index (χ3n) is 2.25. The summed E-state index contributed by atoms with van der Waals surface area (Å²) >= 11 is 3.33. The third-order valence-corrected chi connectivity index (χ3v) is 3.06. The number of rotatable bonds is 3. The van der Waals surface area contributed by atoms with Gasteiger partial charge >= 0.3 is 0 Å². The lowest BCUT2D eigenvalue weighted by Gasteiger charge is -2.09. The molecule has 1 aromatic carbocycles. The molecule has 84 valence electrons. The molecule has 0 amide bonds. The standard InChI is InChI=1S/C11H9BrF2N2/c12-8(6-10-15-4-5-16-10)7-2-1-3-9(13)11(7)14/h1-5,8H,6H2,(H,15,16). The smallest absolute Gasteiger partial charge is 0.163 e. The molecule has 2 aromatic rings. The Kier molecular flexibility index (Phi) is 3.33. The zero-order valence-corrected chi connectivity index (χ0v) is 9.84. The van der Waals surface area contributed by atoms with Crippen molar-refractivity contribution in [1.29, 1.82) is 0 Å². The number of benzene rings is 1. The van der Waals surface area contributed by atoms with E-state index in [1.54, 1.807) is 18.5 Å². The van der Waals surface area contributed by atoms with Crippen LogP contribution >= 0.6 is 15.9 Å². The molecule has 0 radical (unpaired) electrons.